The monoisotopic (exact) mass is 309 g/mol. The highest BCUT2D eigenvalue weighted by Gasteiger charge is 2.12. The van der Waals surface area contributed by atoms with Gasteiger partial charge >= 0.3 is 0 Å². The van der Waals surface area contributed by atoms with Crippen LogP contribution >= 0.6 is 23.2 Å². The predicted molar refractivity (Wildman–Crippen MR) is 80.5 cm³/mol. The van der Waals surface area contributed by atoms with Crippen LogP contribution in [-0.2, 0) is 0 Å². The number of nitrogens with one attached hydrogen (secondary N) is 1. The molecule has 2 aromatic heterocycles. The third-order valence-electron chi connectivity index (χ3n) is 2.63. The zero-order valence-electron chi connectivity index (χ0n) is 11.0. The van der Waals surface area contributed by atoms with Crippen molar-refractivity contribution in [1.82, 2.24) is 9.97 Å². The first kappa shape index (κ1) is 14.8. The molecule has 0 aromatic carbocycles. The van der Waals surface area contributed by atoms with Crippen LogP contribution in [0.2, 0.25) is 10.2 Å². The lowest BCUT2D eigenvalue weighted by Crippen LogP contribution is -2.14. The standard InChI is InChI=1S/C14H13Cl2N3O/c1-8(2)11-5-9(6-12(16)18-11)14(20)19-13-7-10(15)3-4-17-13/h3-8H,1-2H3,(H,17,19,20). The lowest BCUT2D eigenvalue weighted by Gasteiger charge is -2.09. The Balaban J connectivity index is 2.25. The van der Waals surface area contributed by atoms with E-state index in [9.17, 15) is 4.79 Å². The molecular formula is C14H13Cl2N3O. The summed E-state index contributed by atoms with van der Waals surface area (Å²) in [5.41, 5.74) is 1.21. The summed E-state index contributed by atoms with van der Waals surface area (Å²) >= 11 is 11.8. The number of halogens is 2. The van der Waals surface area contributed by atoms with Crippen LogP contribution in [0, 0.1) is 0 Å². The Bertz CT molecular complexity index is 644. The molecule has 0 atom stereocenters. The fraction of sp³-hybridized carbons (Fsp3) is 0.214. The minimum Gasteiger partial charge on any atom is -0.307 e. The van der Waals surface area contributed by atoms with E-state index in [1.54, 1.807) is 18.2 Å². The number of hydrogen-bond donors (Lipinski definition) is 1. The zero-order chi connectivity index (χ0) is 14.7. The van der Waals surface area contributed by atoms with Gasteiger partial charge < -0.3 is 5.32 Å². The maximum Gasteiger partial charge on any atom is 0.256 e. The molecule has 0 aliphatic carbocycles. The van der Waals surface area contributed by atoms with Crippen molar-refractivity contribution in [3.63, 3.8) is 0 Å². The molecule has 2 rings (SSSR count). The third-order valence-corrected chi connectivity index (χ3v) is 3.06. The quantitative estimate of drug-likeness (QED) is 0.866. The van der Waals surface area contributed by atoms with Gasteiger partial charge in [0, 0.05) is 22.5 Å². The van der Waals surface area contributed by atoms with E-state index in [1.807, 2.05) is 13.8 Å². The lowest BCUT2D eigenvalue weighted by molar-refractivity contribution is 0.102. The zero-order valence-corrected chi connectivity index (χ0v) is 12.5. The van der Waals surface area contributed by atoms with Gasteiger partial charge in [-0.15, -0.1) is 0 Å². The summed E-state index contributed by atoms with van der Waals surface area (Å²) < 4.78 is 0. The molecule has 0 fully saturated rings. The van der Waals surface area contributed by atoms with Crippen LogP contribution in [-0.4, -0.2) is 15.9 Å². The molecule has 1 N–H and O–H groups in total. The second kappa shape index (κ2) is 6.20. The first-order valence-electron chi connectivity index (χ1n) is 6.06. The van der Waals surface area contributed by atoms with Crippen LogP contribution < -0.4 is 5.32 Å². The molecule has 0 radical (unpaired) electrons. The highest BCUT2D eigenvalue weighted by Crippen LogP contribution is 2.19. The van der Waals surface area contributed by atoms with E-state index in [4.69, 9.17) is 23.2 Å². The molecule has 0 bridgehead atoms. The summed E-state index contributed by atoms with van der Waals surface area (Å²) in [6, 6.07) is 6.45. The molecule has 0 aliphatic heterocycles. The molecule has 0 aliphatic rings. The van der Waals surface area contributed by atoms with Gasteiger partial charge in [0.05, 0.1) is 0 Å². The van der Waals surface area contributed by atoms with Gasteiger partial charge in [0.1, 0.15) is 11.0 Å². The van der Waals surface area contributed by atoms with E-state index in [0.717, 1.165) is 5.69 Å². The van der Waals surface area contributed by atoms with Gasteiger partial charge in [0.15, 0.2) is 0 Å². The minimum atomic E-state index is -0.300. The Morgan fingerprint density at radius 3 is 2.65 bits per heavy atom. The van der Waals surface area contributed by atoms with Crippen LogP contribution in [0.15, 0.2) is 30.5 Å². The lowest BCUT2D eigenvalue weighted by atomic mass is 10.1. The normalized spacial score (nSPS) is 10.7. The molecule has 0 spiro atoms. The SMILES string of the molecule is CC(C)c1cc(C(=O)Nc2cc(Cl)ccn2)cc(Cl)n1. The average Bonchev–Trinajstić information content (AvgIpc) is 2.37. The Hall–Kier alpha value is -1.65. The number of carbonyl (C=O) groups excluding carboxylic acids is 1. The van der Waals surface area contributed by atoms with Gasteiger partial charge in [-0.3, -0.25) is 4.79 Å². The predicted octanol–water partition coefficient (Wildman–Crippen LogP) is 4.16. The summed E-state index contributed by atoms with van der Waals surface area (Å²) in [4.78, 5) is 20.4. The van der Waals surface area contributed by atoms with Crippen LogP contribution in [0.25, 0.3) is 0 Å². The number of anilines is 1. The summed E-state index contributed by atoms with van der Waals surface area (Å²) in [6.45, 7) is 3.97. The van der Waals surface area contributed by atoms with E-state index < -0.39 is 0 Å². The van der Waals surface area contributed by atoms with Crippen LogP contribution in [0.1, 0.15) is 35.8 Å². The number of nitrogens with zero attached hydrogens (tertiary/aromatic N) is 2. The number of rotatable bonds is 3. The van der Waals surface area contributed by atoms with Crippen molar-refractivity contribution in [2.75, 3.05) is 5.32 Å². The van der Waals surface area contributed by atoms with Crippen molar-refractivity contribution in [3.8, 4) is 0 Å². The number of pyridine rings is 2. The molecule has 20 heavy (non-hydrogen) atoms. The van der Waals surface area contributed by atoms with Gasteiger partial charge in [0.2, 0.25) is 0 Å². The number of hydrogen-bond acceptors (Lipinski definition) is 3. The molecule has 0 saturated carbocycles. The number of aromatic nitrogens is 2. The van der Waals surface area contributed by atoms with Crippen LogP contribution in [0.3, 0.4) is 0 Å². The summed E-state index contributed by atoms with van der Waals surface area (Å²) in [7, 11) is 0. The van der Waals surface area contributed by atoms with E-state index in [-0.39, 0.29) is 11.8 Å². The first-order chi connectivity index (χ1) is 9.45. The van der Waals surface area contributed by atoms with Crippen molar-refractivity contribution in [1.29, 1.82) is 0 Å². The Labute approximate surface area is 127 Å². The van der Waals surface area contributed by atoms with Gasteiger partial charge in [-0.1, -0.05) is 37.0 Å². The van der Waals surface area contributed by atoms with Crippen molar-refractivity contribution in [2.24, 2.45) is 0 Å². The van der Waals surface area contributed by atoms with E-state index in [2.05, 4.69) is 15.3 Å². The summed E-state index contributed by atoms with van der Waals surface area (Å²) in [5, 5.41) is 3.47. The van der Waals surface area contributed by atoms with Gasteiger partial charge in [-0.2, -0.15) is 0 Å². The topological polar surface area (TPSA) is 54.9 Å². The summed E-state index contributed by atoms with van der Waals surface area (Å²) in [6.07, 6.45) is 1.52. The highest BCUT2D eigenvalue weighted by atomic mass is 35.5. The summed E-state index contributed by atoms with van der Waals surface area (Å²) in [5.74, 6) is 0.275. The second-order valence-corrected chi connectivity index (χ2v) is 5.40. The molecule has 2 heterocycles. The minimum absolute atomic E-state index is 0.185. The van der Waals surface area contributed by atoms with E-state index >= 15 is 0 Å². The molecule has 0 saturated heterocycles. The number of amides is 1. The molecule has 104 valence electrons. The molecule has 6 heteroatoms. The van der Waals surface area contributed by atoms with Crippen molar-refractivity contribution in [2.45, 2.75) is 19.8 Å². The fourth-order valence-corrected chi connectivity index (χ4v) is 1.98. The Morgan fingerprint density at radius 1 is 1.25 bits per heavy atom. The van der Waals surface area contributed by atoms with Crippen LogP contribution in [0.5, 0.6) is 0 Å². The van der Waals surface area contributed by atoms with E-state index in [1.165, 1.54) is 12.3 Å². The second-order valence-electron chi connectivity index (χ2n) is 4.57. The third kappa shape index (κ3) is 3.68. The molecule has 1 amide bonds. The average molecular weight is 310 g/mol. The fourth-order valence-electron chi connectivity index (χ4n) is 1.61. The number of carbonyl (C=O) groups is 1. The smallest absolute Gasteiger partial charge is 0.256 e. The largest absolute Gasteiger partial charge is 0.307 e. The molecular weight excluding hydrogens is 297 g/mol. The van der Waals surface area contributed by atoms with Crippen molar-refractivity contribution < 1.29 is 4.79 Å². The van der Waals surface area contributed by atoms with Gasteiger partial charge in [-0.05, 0) is 30.2 Å². The maximum absolute atomic E-state index is 12.2. The first-order valence-corrected chi connectivity index (χ1v) is 6.81. The van der Waals surface area contributed by atoms with Gasteiger partial charge in [-0.25, -0.2) is 9.97 Å². The Kier molecular flexibility index (Phi) is 4.57. The van der Waals surface area contributed by atoms with E-state index in [0.29, 0.717) is 21.6 Å². The van der Waals surface area contributed by atoms with Gasteiger partial charge in [0.25, 0.3) is 5.91 Å². The highest BCUT2D eigenvalue weighted by molar-refractivity contribution is 6.31. The Morgan fingerprint density at radius 2 is 2.00 bits per heavy atom. The molecule has 0 unspecified atom stereocenters. The van der Waals surface area contributed by atoms with Crippen molar-refractivity contribution >= 4 is 34.9 Å². The maximum atomic E-state index is 12.2. The van der Waals surface area contributed by atoms with Crippen LogP contribution in [0.4, 0.5) is 5.82 Å². The molecule has 2 aromatic rings. The van der Waals surface area contributed by atoms with Crippen molar-refractivity contribution in [3.05, 3.63) is 51.9 Å². The molecule has 4 nitrogen and oxygen atoms in total.